The Hall–Kier alpha value is -1.64. The average molecular weight is 368 g/mol. The number of nitrogens with zero attached hydrogens (tertiary/aromatic N) is 1. The molecule has 1 fully saturated rings. The van der Waals surface area contributed by atoms with E-state index < -0.39 is 10.0 Å². The summed E-state index contributed by atoms with van der Waals surface area (Å²) >= 11 is 1.21. The molecule has 1 saturated heterocycles. The molecule has 130 valence electrons. The third-order valence-corrected chi connectivity index (χ3v) is 7.42. The summed E-state index contributed by atoms with van der Waals surface area (Å²) in [6.45, 7) is 0.784. The lowest BCUT2D eigenvalue weighted by molar-refractivity contribution is -0.122. The van der Waals surface area contributed by atoms with Crippen LogP contribution in [0.4, 0.5) is 0 Å². The van der Waals surface area contributed by atoms with Gasteiger partial charge in [-0.2, -0.15) is 4.31 Å². The fraction of sp³-hybridized carbons (Fsp3) is 0.438. The zero-order chi connectivity index (χ0) is 17.0. The van der Waals surface area contributed by atoms with Crippen molar-refractivity contribution in [2.24, 2.45) is 0 Å². The predicted molar refractivity (Wildman–Crippen MR) is 91.0 cm³/mol. The Morgan fingerprint density at radius 2 is 2.21 bits per heavy atom. The Labute approximate surface area is 145 Å². The van der Waals surface area contributed by atoms with Crippen LogP contribution in [0, 0.1) is 0 Å². The van der Waals surface area contributed by atoms with Crippen molar-refractivity contribution in [1.82, 2.24) is 9.62 Å². The predicted octanol–water partition coefficient (Wildman–Crippen LogP) is 2.59. The van der Waals surface area contributed by atoms with Gasteiger partial charge in [-0.1, -0.05) is 12.5 Å². The number of sulfonamides is 1. The second-order valence-electron chi connectivity index (χ2n) is 5.76. The molecule has 0 radical (unpaired) electrons. The highest BCUT2D eigenvalue weighted by Gasteiger charge is 2.35. The Morgan fingerprint density at radius 3 is 2.92 bits per heavy atom. The lowest BCUT2D eigenvalue weighted by atomic mass is 10.0. The standard InChI is InChI=1S/C16H20N2O4S2/c19-15(17-12-14-6-3-9-22-14)11-13-5-1-2-8-18(13)24(20,21)16-7-4-10-23-16/h3-4,6-7,9-10,13H,1-2,5,8,11-12H2,(H,17,19)/t13-/m1/s1. The second kappa shape index (κ2) is 7.50. The highest BCUT2D eigenvalue weighted by molar-refractivity contribution is 7.91. The van der Waals surface area contributed by atoms with E-state index in [0.717, 1.165) is 12.8 Å². The first-order valence-electron chi connectivity index (χ1n) is 7.92. The molecule has 0 unspecified atom stereocenters. The van der Waals surface area contributed by atoms with Crippen molar-refractivity contribution in [2.75, 3.05) is 6.54 Å². The number of carbonyl (C=O) groups excluding carboxylic acids is 1. The summed E-state index contributed by atoms with van der Waals surface area (Å²) in [5.41, 5.74) is 0. The third-order valence-electron chi connectivity index (χ3n) is 4.09. The first kappa shape index (κ1) is 17.2. The SMILES string of the molecule is O=C(C[C@H]1CCCCN1S(=O)(=O)c1cccs1)NCc1ccco1. The molecule has 1 aliphatic rings. The minimum atomic E-state index is -3.52. The number of hydrogen-bond donors (Lipinski definition) is 1. The molecule has 1 aliphatic heterocycles. The number of hydrogen-bond acceptors (Lipinski definition) is 5. The molecule has 0 spiro atoms. The Bertz CT molecular complexity index is 754. The van der Waals surface area contributed by atoms with Crippen molar-refractivity contribution in [2.45, 2.75) is 42.5 Å². The average Bonchev–Trinajstić information content (AvgIpc) is 3.27. The van der Waals surface area contributed by atoms with Gasteiger partial charge in [-0.05, 0) is 36.4 Å². The van der Waals surface area contributed by atoms with E-state index in [4.69, 9.17) is 4.42 Å². The van der Waals surface area contributed by atoms with Gasteiger partial charge in [0.1, 0.15) is 9.97 Å². The number of nitrogens with one attached hydrogen (secondary N) is 1. The van der Waals surface area contributed by atoms with Gasteiger partial charge < -0.3 is 9.73 Å². The summed E-state index contributed by atoms with van der Waals surface area (Å²) in [5.74, 6) is 0.514. The molecular formula is C16H20N2O4S2. The maximum Gasteiger partial charge on any atom is 0.252 e. The van der Waals surface area contributed by atoms with Crippen LogP contribution in [0.5, 0.6) is 0 Å². The number of furan rings is 1. The molecule has 24 heavy (non-hydrogen) atoms. The molecule has 6 nitrogen and oxygen atoms in total. The van der Waals surface area contributed by atoms with E-state index in [2.05, 4.69) is 5.32 Å². The van der Waals surface area contributed by atoms with Crippen LogP contribution in [-0.4, -0.2) is 31.2 Å². The monoisotopic (exact) mass is 368 g/mol. The van der Waals surface area contributed by atoms with Gasteiger partial charge in [0.15, 0.2) is 0 Å². The van der Waals surface area contributed by atoms with E-state index >= 15 is 0 Å². The van der Waals surface area contributed by atoms with E-state index in [-0.39, 0.29) is 18.4 Å². The summed E-state index contributed by atoms with van der Waals surface area (Å²) in [7, 11) is -3.52. The molecule has 8 heteroatoms. The van der Waals surface area contributed by atoms with Gasteiger partial charge in [0.2, 0.25) is 5.91 Å². The van der Waals surface area contributed by atoms with Gasteiger partial charge in [-0.25, -0.2) is 8.42 Å². The quantitative estimate of drug-likeness (QED) is 0.850. The van der Waals surface area contributed by atoms with Crippen LogP contribution in [0.2, 0.25) is 0 Å². The topological polar surface area (TPSA) is 79.6 Å². The normalized spacial score (nSPS) is 19.2. The molecule has 0 aromatic carbocycles. The molecule has 3 rings (SSSR count). The van der Waals surface area contributed by atoms with Gasteiger partial charge in [-0.15, -0.1) is 11.3 Å². The molecule has 2 aromatic heterocycles. The van der Waals surface area contributed by atoms with Crippen LogP contribution in [-0.2, 0) is 21.4 Å². The molecule has 1 N–H and O–H groups in total. The van der Waals surface area contributed by atoms with Crippen molar-refractivity contribution in [3.05, 3.63) is 41.7 Å². The van der Waals surface area contributed by atoms with Crippen molar-refractivity contribution in [3.63, 3.8) is 0 Å². The molecule has 2 aromatic rings. The molecule has 1 atom stereocenters. The van der Waals surface area contributed by atoms with Gasteiger partial charge >= 0.3 is 0 Å². The van der Waals surface area contributed by atoms with Crippen molar-refractivity contribution in [1.29, 1.82) is 0 Å². The summed E-state index contributed by atoms with van der Waals surface area (Å²) in [4.78, 5) is 12.2. The highest BCUT2D eigenvalue weighted by Crippen LogP contribution is 2.29. The van der Waals surface area contributed by atoms with E-state index in [0.29, 0.717) is 29.5 Å². The first-order chi connectivity index (χ1) is 11.6. The second-order valence-corrected chi connectivity index (χ2v) is 8.82. The Morgan fingerprint density at radius 1 is 1.33 bits per heavy atom. The third kappa shape index (κ3) is 3.88. The molecule has 3 heterocycles. The minimum absolute atomic E-state index is 0.162. The van der Waals surface area contributed by atoms with Gasteiger partial charge in [0.05, 0.1) is 12.8 Å². The van der Waals surface area contributed by atoms with Gasteiger partial charge in [0.25, 0.3) is 10.0 Å². The summed E-state index contributed by atoms with van der Waals surface area (Å²) in [6, 6.07) is 6.60. The smallest absolute Gasteiger partial charge is 0.252 e. The lowest BCUT2D eigenvalue weighted by Gasteiger charge is -2.33. The van der Waals surface area contributed by atoms with Gasteiger partial charge in [0, 0.05) is 19.0 Å². The number of carbonyl (C=O) groups is 1. The van der Waals surface area contributed by atoms with Crippen LogP contribution in [0.1, 0.15) is 31.4 Å². The first-order valence-corrected chi connectivity index (χ1v) is 10.2. The number of amides is 1. The lowest BCUT2D eigenvalue weighted by Crippen LogP contribution is -2.45. The molecule has 0 aliphatic carbocycles. The van der Waals surface area contributed by atoms with Gasteiger partial charge in [-0.3, -0.25) is 4.79 Å². The summed E-state index contributed by atoms with van der Waals surface area (Å²) in [5, 5.41) is 4.54. The highest BCUT2D eigenvalue weighted by atomic mass is 32.2. The molecule has 0 bridgehead atoms. The molecule has 1 amide bonds. The van der Waals surface area contributed by atoms with Crippen molar-refractivity contribution < 1.29 is 17.6 Å². The van der Waals surface area contributed by atoms with Crippen LogP contribution in [0.25, 0.3) is 0 Å². The van der Waals surface area contributed by atoms with E-state index in [9.17, 15) is 13.2 Å². The Balaban J connectivity index is 1.65. The van der Waals surface area contributed by atoms with Crippen LogP contribution < -0.4 is 5.32 Å². The van der Waals surface area contributed by atoms with Crippen LogP contribution in [0.15, 0.2) is 44.5 Å². The number of thiophene rings is 1. The minimum Gasteiger partial charge on any atom is -0.467 e. The fourth-order valence-electron chi connectivity index (χ4n) is 2.91. The van der Waals surface area contributed by atoms with Crippen LogP contribution in [0.3, 0.4) is 0 Å². The largest absolute Gasteiger partial charge is 0.467 e. The molecular weight excluding hydrogens is 348 g/mol. The van der Waals surface area contributed by atoms with Crippen molar-refractivity contribution >= 4 is 27.3 Å². The summed E-state index contributed by atoms with van der Waals surface area (Å²) < 4.78 is 32.6. The fourth-order valence-corrected chi connectivity index (χ4v) is 5.72. The maximum atomic E-state index is 12.8. The zero-order valence-electron chi connectivity index (χ0n) is 13.2. The maximum absolute atomic E-state index is 12.8. The van der Waals surface area contributed by atoms with E-state index in [1.54, 1.807) is 35.9 Å². The van der Waals surface area contributed by atoms with E-state index in [1.165, 1.54) is 15.6 Å². The number of rotatable bonds is 6. The van der Waals surface area contributed by atoms with Crippen molar-refractivity contribution in [3.8, 4) is 0 Å². The molecule has 0 saturated carbocycles. The Kier molecular flexibility index (Phi) is 5.37. The summed E-state index contributed by atoms with van der Waals surface area (Å²) in [6.07, 6.45) is 4.20. The van der Waals surface area contributed by atoms with E-state index in [1.807, 2.05) is 0 Å². The number of piperidine rings is 1. The zero-order valence-corrected chi connectivity index (χ0v) is 14.8. The van der Waals surface area contributed by atoms with Crippen LogP contribution >= 0.6 is 11.3 Å².